The van der Waals surface area contributed by atoms with E-state index in [-0.39, 0.29) is 5.60 Å². The highest BCUT2D eigenvalue weighted by molar-refractivity contribution is 4.66. The van der Waals surface area contributed by atoms with E-state index in [4.69, 9.17) is 9.78 Å². The Morgan fingerprint density at radius 1 is 1.20 bits per heavy atom. The van der Waals surface area contributed by atoms with Gasteiger partial charge in [0.2, 0.25) is 0 Å². The van der Waals surface area contributed by atoms with Gasteiger partial charge < -0.3 is 0 Å². The van der Waals surface area contributed by atoms with Gasteiger partial charge in [-0.15, -0.1) is 0 Å². The van der Waals surface area contributed by atoms with Gasteiger partial charge in [-0.25, -0.2) is 9.78 Å². The lowest BCUT2D eigenvalue weighted by atomic mass is 10.0. The first-order valence-electron chi connectivity index (χ1n) is 6.23. The van der Waals surface area contributed by atoms with Crippen LogP contribution in [0.15, 0.2) is 0 Å². The summed E-state index contributed by atoms with van der Waals surface area (Å²) in [6, 6.07) is 0. The predicted octanol–water partition coefficient (Wildman–Crippen LogP) is 4.50. The molecule has 0 amide bonds. The lowest BCUT2D eigenvalue weighted by Crippen LogP contribution is -2.23. The molecule has 0 aromatic carbocycles. The smallest absolute Gasteiger partial charge is 0.125 e. The van der Waals surface area contributed by atoms with E-state index >= 15 is 0 Å². The Hall–Kier alpha value is -0.0800. The minimum Gasteiger partial charge on any atom is -0.230 e. The Bertz CT molecular complexity index is 143. The normalized spacial score (nSPS) is 14.2. The summed E-state index contributed by atoms with van der Waals surface area (Å²) in [5.74, 6) is 0.526. The maximum absolute atomic E-state index is 5.34. The van der Waals surface area contributed by atoms with Crippen LogP contribution < -0.4 is 0 Å². The largest absolute Gasteiger partial charge is 0.230 e. The van der Waals surface area contributed by atoms with E-state index in [1.165, 1.54) is 19.3 Å². The van der Waals surface area contributed by atoms with Crippen molar-refractivity contribution in [2.75, 3.05) is 0 Å². The second-order valence-corrected chi connectivity index (χ2v) is 4.74. The van der Waals surface area contributed by atoms with Gasteiger partial charge >= 0.3 is 0 Å². The van der Waals surface area contributed by atoms with E-state index in [0.717, 1.165) is 12.8 Å². The lowest BCUT2D eigenvalue weighted by Gasteiger charge is -2.22. The summed E-state index contributed by atoms with van der Waals surface area (Å²) >= 11 is 0. The summed E-state index contributed by atoms with van der Waals surface area (Å²) in [6.07, 6.45) is 5.77. The molecular formula is C13H27O2. The third-order valence-corrected chi connectivity index (χ3v) is 2.83. The second-order valence-electron chi connectivity index (χ2n) is 4.74. The average Bonchev–Trinajstić information content (AvgIpc) is 2.23. The molecule has 0 aromatic rings. The minimum absolute atomic E-state index is 0.181. The van der Waals surface area contributed by atoms with Crippen LogP contribution in [0.1, 0.15) is 66.7 Å². The van der Waals surface area contributed by atoms with Crippen molar-refractivity contribution in [2.45, 2.75) is 72.3 Å². The Kier molecular flexibility index (Phi) is 8.07. The molecule has 0 bridgehead atoms. The number of hydrogen-bond acceptors (Lipinski definition) is 2. The minimum atomic E-state index is -0.181. The fourth-order valence-corrected chi connectivity index (χ4v) is 1.13. The molecule has 91 valence electrons. The lowest BCUT2D eigenvalue weighted by molar-refractivity contribution is -0.336. The number of hydrogen-bond donors (Lipinski definition) is 0. The standard InChI is InChI=1S/C13H27O2/c1-6-9-10-12(7-2)11-14-15-13(4,5)8-3/h11-12H,6-10H2,1-5H3. The summed E-state index contributed by atoms with van der Waals surface area (Å²) in [6.45, 7) is 12.4. The van der Waals surface area contributed by atoms with Crippen molar-refractivity contribution in [1.29, 1.82) is 0 Å². The Morgan fingerprint density at radius 3 is 2.33 bits per heavy atom. The molecule has 1 radical (unpaired) electrons. The molecule has 0 aromatic heterocycles. The van der Waals surface area contributed by atoms with Crippen LogP contribution >= 0.6 is 0 Å². The Balaban J connectivity index is 3.62. The molecule has 0 heterocycles. The van der Waals surface area contributed by atoms with Gasteiger partial charge in [0, 0.05) is 0 Å². The van der Waals surface area contributed by atoms with E-state index in [2.05, 4.69) is 20.8 Å². The quantitative estimate of drug-likeness (QED) is 0.416. The van der Waals surface area contributed by atoms with Gasteiger partial charge in [-0.1, -0.05) is 40.0 Å². The predicted molar refractivity (Wildman–Crippen MR) is 64.1 cm³/mol. The first-order valence-corrected chi connectivity index (χ1v) is 6.23. The van der Waals surface area contributed by atoms with Gasteiger partial charge in [-0.2, -0.15) is 0 Å². The van der Waals surface area contributed by atoms with E-state index in [9.17, 15) is 0 Å². The van der Waals surface area contributed by atoms with Crippen LogP contribution in [0.3, 0.4) is 0 Å². The average molecular weight is 215 g/mol. The van der Waals surface area contributed by atoms with E-state index in [1.807, 2.05) is 20.5 Å². The third kappa shape index (κ3) is 7.80. The maximum Gasteiger partial charge on any atom is 0.125 e. The molecule has 15 heavy (non-hydrogen) atoms. The number of rotatable bonds is 9. The summed E-state index contributed by atoms with van der Waals surface area (Å²) < 4.78 is 0. The van der Waals surface area contributed by atoms with Crippen LogP contribution in [0.2, 0.25) is 0 Å². The molecule has 0 aliphatic heterocycles. The van der Waals surface area contributed by atoms with Gasteiger partial charge in [-0.3, -0.25) is 0 Å². The molecule has 0 N–H and O–H groups in total. The zero-order valence-electron chi connectivity index (χ0n) is 11.0. The molecule has 2 nitrogen and oxygen atoms in total. The fraction of sp³-hybridized carbons (Fsp3) is 0.923. The van der Waals surface area contributed by atoms with Crippen LogP contribution in [0, 0.1) is 12.5 Å². The SMILES string of the molecule is CCCCC([CH]OOC(C)(C)CC)CC. The molecule has 0 rings (SSSR count). The van der Waals surface area contributed by atoms with E-state index < -0.39 is 0 Å². The highest BCUT2D eigenvalue weighted by Gasteiger charge is 2.18. The topological polar surface area (TPSA) is 18.5 Å². The van der Waals surface area contributed by atoms with Crippen molar-refractivity contribution >= 4 is 0 Å². The van der Waals surface area contributed by atoms with Gasteiger partial charge in [-0.05, 0) is 32.6 Å². The van der Waals surface area contributed by atoms with Crippen molar-refractivity contribution in [3.8, 4) is 0 Å². The van der Waals surface area contributed by atoms with Gasteiger partial charge in [0.1, 0.15) is 6.61 Å². The molecule has 2 heteroatoms. The first-order chi connectivity index (χ1) is 7.05. The zero-order chi connectivity index (χ0) is 11.7. The Morgan fingerprint density at radius 2 is 1.87 bits per heavy atom. The molecule has 0 aliphatic rings. The summed E-state index contributed by atoms with van der Waals surface area (Å²) in [4.78, 5) is 10.5. The van der Waals surface area contributed by atoms with Gasteiger partial charge in [0.25, 0.3) is 0 Å². The van der Waals surface area contributed by atoms with Crippen molar-refractivity contribution in [3.05, 3.63) is 6.61 Å². The molecule has 1 unspecified atom stereocenters. The highest BCUT2D eigenvalue weighted by atomic mass is 17.2. The summed E-state index contributed by atoms with van der Waals surface area (Å²) in [5, 5.41) is 0. The van der Waals surface area contributed by atoms with Crippen LogP contribution in [0.25, 0.3) is 0 Å². The number of unbranched alkanes of at least 4 members (excludes halogenated alkanes) is 1. The maximum atomic E-state index is 5.34. The van der Waals surface area contributed by atoms with Crippen molar-refractivity contribution in [2.24, 2.45) is 5.92 Å². The van der Waals surface area contributed by atoms with E-state index in [0.29, 0.717) is 5.92 Å². The molecule has 1 atom stereocenters. The highest BCUT2D eigenvalue weighted by Crippen LogP contribution is 2.20. The van der Waals surface area contributed by atoms with E-state index in [1.54, 1.807) is 0 Å². The molecule has 0 spiro atoms. The first kappa shape index (κ1) is 14.9. The fourth-order valence-electron chi connectivity index (χ4n) is 1.13. The molecular weight excluding hydrogens is 188 g/mol. The van der Waals surface area contributed by atoms with Crippen molar-refractivity contribution in [1.82, 2.24) is 0 Å². The molecule has 0 aliphatic carbocycles. The molecule has 0 saturated heterocycles. The van der Waals surface area contributed by atoms with Gasteiger partial charge in [0.05, 0.1) is 5.60 Å². The molecule has 0 fully saturated rings. The monoisotopic (exact) mass is 215 g/mol. The summed E-state index contributed by atoms with van der Waals surface area (Å²) in [5.41, 5.74) is -0.181. The van der Waals surface area contributed by atoms with Crippen LogP contribution in [-0.4, -0.2) is 5.60 Å². The summed E-state index contributed by atoms with van der Waals surface area (Å²) in [7, 11) is 0. The third-order valence-electron chi connectivity index (χ3n) is 2.83. The van der Waals surface area contributed by atoms with Crippen LogP contribution in [0.5, 0.6) is 0 Å². The zero-order valence-corrected chi connectivity index (χ0v) is 11.0. The van der Waals surface area contributed by atoms with Crippen LogP contribution in [-0.2, 0) is 9.78 Å². The second kappa shape index (κ2) is 8.12. The Labute approximate surface area is 95.3 Å². The van der Waals surface area contributed by atoms with Crippen LogP contribution in [0.4, 0.5) is 0 Å². The van der Waals surface area contributed by atoms with Gasteiger partial charge in [0.15, 0.2) is 0 Å². The van der Waals surface area contributed by atoms with Crippen molar-refractivity contribution in [3.63, 3.8) is 0 Å². The molecule has 0 saturated carbocycles. The van der Waals surface area contributed by atoms with Crippen molar-refractivity contribution < 1.29 is 9.78 Å².